The summed E-state index contributed by atoms with van der Waals surface area (Å²) in [5.41, 5.74) is 0.612. The summed E-state index contributed by atoms with van der Waals surface area (Å²) in [6, 6.07) is 4.56. The molecule has 0 saturated carbocycles. The second kappa shape index (κ2) is 5.26. The van der Waals surface area contributed by atoms with Crippen LogP contribution in [-0.2, 0) is 4.74 Å². The van der Waals surface area contributed by atoms with Crippen LogP contribution >= 0.6 is 0 Å². The van der Waals surface area contributed by atoms with Crippen LogP contribution in [0.1, 0.15) is 26.3 Å². The van der Waals surface area contributed by atoms with Crippen molar-refractivity contribution in [3.8, 4) is 0 Å². The molecule has 0 spiro atoms. The predicted molar refractivity (Wildman–Crippen MR) is 72.5 cm³/mol. The molecule has 0 heterocycles. The first-order chi connectivity index (χ1) is 8.68. The van der Waals surface area contributed by atoms with Gasteiger partial charge in [-0.1, -0.05) is 0 Å². The molecule has 0 aliphatic carbocycles. The van der Waals surface area contributed by atoms with E-state index in [1.807, 2.05) is 20.8 Å². The zero-order valence-corrected chi connectivity index (χ0v) is 11.8. The summed E-state index contributed by atoms with van der Waals surface area (Å²) in [6.45, 7) is 7.22. The molecule has 0 aromatic heterocycles. The molecule has 6 heteroatoms. The van der Waals surface area contributed by atoms with Gasteiger partial charge in [0, 0.05) is 22.9 Å². The quantitative estimate of drug-likeness (QED) is 0.608. The summed E-state index contributed by atoms with van der Waals surface area (Å²) in [5.74, 6) is 0. The molecule has 0 fully saturated rings. The number of hydrogen-bond acceptors (Lipinski definition) is 4. The maximum atomic E-state index is 11.9. The lowest BCUT2D eigenvalue weighted by Gasteiger charge is -2.34. The molecular formula is C13H18N2O4. The van der Waals surface area contributed by atoms with Gasteiger partial charge >= 0.3 is 6.09 Å². The lowest BCUT2D eigenvalue weighted by atomic mass is 10.0. The Morgan fingerprint density at radius 2 is 1.95 bits per heavy atom. The van der Waals surface area contributed by atoms with Crippen LogP contribution in [0, 0.1) is 17.0 Å². The predicted octanol–water partition coefficient (Wildman–Crippen LogP) is 3.27. The van der Waals surface area contributed by atoms with Gasteiger partial charge in [0.15, 0.2) is 0 Å². The standard InChI is InChI=1S/C13H18N2O4/c1-9-8-10(6-7-11(9)15(17)18)14(12(16)19-5)13(2,3)4/h6-8H,1-5H3. The van der Waals surface area contributed by atoms with Crippen LogP contribution in [0.25, 0.3) is 0 Å². The Labute approximate surface area is 112 Å². The Morgan fingerprint density at radius 1 is 1.37 bits per heavy atom. The van der Waals surface area contributed by atoms with E-state index in [9.17, 15) is 14.9 Å². The van der Waals surface area contributed by atoms with Gasteiger partial charge in [-0.2, -0.15) is 0 Å². The maximum Gasteiger partial charge on any atom is 0.414 e. The van der Waals surface area contributed by atoms with Gasteiger partial charge in [-0.3, -0.25) is 15.0 Å². The molecule has 1 amide bonds. The van der Waals surface area contributed by atoms with E-state index in [0.29, 0.717) is 11.3 Å². The number of carbonyl (C=O) groups excluding carboxylic acids is 1. The second-order valence-corrected chi connectivity index (χ2v) is 5.20. The molecule has 0 N–H and O–H groups in total. The van der Waals surface area contributed by atoms with E-state index in [0.717, 1.165) is 0 Å². The average molecular weight is 266 g/mol. The zero-order chi connectivity index (χ0) is 14.8. The molecule has 1 rings (SSSR count). The smallest absolute Gasteiger partial charge is 0.414 e. The van der Waals surface area contributed by atoms with Crippen LogP contribution < -0.4 is 4.90 Å². The number of ether oxygens (including phenoxy) is 1. The van der Waals surface area contributed by atoms with E-state index >= 15 is 0 Å². The van der Waals surface area contributed by atoms with Crippen LogP contribution in [0.3, 0.4) is 0 Å². The number of carbonyl (C=O) groups is 1. The minimum atomic E-state index is -0.499. The van der Waals surface area contributed by atoms with Crippen LogP contribution in [0.4, 0.5) is 16.2 Å². The van der Waals surface area contributed by atoms with Gasteiger partial charge in [-0.15, -0.1) is 0 Å². The monoisotopic (exact) mass is 266 g/mol. The van der Waals surface area contributed by atoms with Gasteiger partial charge in [0.05, 0.1) is 12.0 Å². The van der Waals surface area contributed by atoms with Crippen molar-refractivity contribution in [1.82, 2.24) is 0 Å². The number of hydrogen-bond donors (Lipinski definition) is 0. The molecule has 6 nitrogen and oxygen atoms in total. The summed E-state index contributed by atoms with van der Waals surface area (Å²) >= 11 is 0. The number of benzene rings is 1. The SMILES string of the molecule is COC(=O)N(c1ccc([N+](=O)[O-])c(C)c1)C(C)(C)C. The molecule has 0 radical (unpaired) electrons. The Hall–Kier alpha value is -2.11. The highest BCUT2D eigenvalue weighted by Gasteiger charge is 2.29. The van der Waals surface area contributed by atoms with E-state index < -0.39 is 16.6 Å². The molecule has 0 saturated heterocycles. The number of rotatable bonds is 2. The van der Waals surface area contributed by atoms with Crippen molar-refractivity contribution in [1.29, 1.82) is 0 Å². The van der Waals surface area contributed by atoms with Crippen molar-refractivity contribution in [3.05, 3.63) is 33.9 Å². The fourth-order valence-electron chi connectivity index (χ4n) is 1.84. The number of anilines is 1. The number of methoxy groups -OCH3 is 1. The Bertz CT molecular complexity index is 506. The van der Waals surface area contributed by atoms with Crippen molar-refractivity contribution >= 4 is 17.5 Å². The van der Waals surface area contributed by atoms with Crippen molar-refractivity contribution in [2.45, 2.75) is 33.2 Å². The third-order valence-electron chi connectivity index (χ3n) is 2.66. The number of nitrogens with zero attached hydrogens (tertiary/aromatic N) is 2. The van der Waals surface area contributed by atoms with Gasteiger partial charge < -0.3 is 4.74 Å². The summed E-state index contributed by atoms with van der Waals surface area (Å²) in [4.78, 5) is 23.7. The third-order valence-corrected chi connectivity index (χ3v) is 2.66. The molecule has 104 valence electrons. The van der Waals surface area contributed by atoms with Crippen LogP contribution in [0.2, 0.25) is 0 Å². The number of amides is 1. The first kappa shape index (κ1) is 14.9. The summed E-state index contributed by atoms with van der Waals surface area (Å²) in [5, 5.41) is 10.8. The molecular weight excluding hydrogens is 248 g/mol. The van der Waals surface area contributed by atoms with Gasteiger partial charge in [-0.05, 0) is 39.8 Å². The van der Waals surface area contributed by atoms with Crippen molar-refractivity contribution in [3.63, 3.8) is 0 Å². The Kier molecular flexibility index (Phi) is 4.14. The molecule has 0 aliphatic rings. The lowest BCUT2D eigenvalue weighted by molar-refractivity contribution is -0.385. The second-order valence-electron chi connectivity index (χ2n) is 5.20. The van der Waals surface area contributed by atoms with Gasteiger partial charge in [0.2, 0.25) is 0 Å². The molecule has 1 aromatic carbocycles. The van der Waals surface area contributed by atoms with Gasteiger partial charge in [-0.25, -0.2) is 4.79 Å². The number of nitro groups is 1. The largest absolute Gasteiger partial charge is 0.452 e. The lowest BCUT2D eigenvalue weighted by Crippen LogP contribution is -2.46. The highest BCUT2D eigenvalue weighted by atomic mass is 16.6. The molecule has 1 aromatic rings. The highest BCUT2D eigenvalue weighted by Crippen LogP contribution is 2.29. The average Bonchev–Trinajstić information content (AvgIpc) is 2.26. The van der Waals surface area contributed by atoms with E-state index in [4.69, 9.17) is 4.74 Å². The van der Waals surface area contributed by atoms with E-state index in [1.165, 1.54) is 18.1 Å². The molecule has 0 bridgehead atoms. The van der Waals surface area contributed by atoms with E-state index in [2.05, 4.69) is 0 Å². The first-order valence-corrected chi connectivity index (χ1v) is 5.81. The normalized spacial score (nSPS) is 11.0. The topological polar surface area (TPSA) is 72.7 Å². The maximum absolute atomic E-state index is 11.9. The van der Waals surface area contributed by atoms with Gasteiger partial charge in [0.25, 0.3) is 5.69 Å². The fourth-order valence-corrected chi connectivity index (χ4v) is 1.84. The summed E-state index contributed by atoms with van der Waals surface area (Å²) in [7, 11) is 1.30. The van der Waals surface area contributed by atoms with Crippen molar-refractivity contribution in [2.75, 3.05) is 12.0 Å². The van der Waals surface area contributed by atoms with E-state index in [-0.39, 0.29) is 5.69 Å². The third kappa shape index (κ3) is 3.21. The summed E-state index contributed by atoms with van der Waals surface area (Å²) in [6.07, 6.45) is -0.499. The van der Waals surface area contributed by atoms with Crippen LogP contribution in [0.15, 0.2) is 18.2 Å². The number of aryl methyl sites for hydroxylation is 1. The number of nitro benzene ring substituents is 1. The minimum absolute atomic E-state index is 0.0301. The van der Waals surface area contributed by atoms with E-state index in [1.54, 1.807) is 19.1 Å². The first-order valence-electron chi connectivity index (χ1n) is 5.81. The molecule has 19 heavy (non-hydrogen) atoms. The Morgan fingerprint density at radius 3 is 2.32 bits per heavy atom. The van der Waals surface area contributed by atoms with Gasteiger partial charge in [0.1, 0.15) is 0 Å². The Balaban J connectivity index is 3.29. The minimum Gasteiger partial charge on any atom is -0.452 e. The van der Waals surface area contributed by atoms with Crippen molar-refractivity contribution in [2.24, 2.45) is 0 Å². The zero-order valence-electron chi connectivity index (χ0n) is 11.8. The summed E-state index contributed by atoms with van der Waals surface area (Å²) < 4.78 is 4.76. The molecule has 0 aliphatic heterocycles. The fraction of sp³-hybridized carbons (Fsp3) is 0.462. The van der Waals surface area contributed by atoms with Crippen LogP contribution in [-0.4, -0.2) is 23.7 Å². The molecule has 0 atom stereocenters. The van der Waals surface area contributed by atoms with Crippen molar-refractivity contribution < 1.29 is 14.5 Å². The molecule has 0 unspecified atom stereocenters. The highest BCUT2D eigenvalue weighted by molar-refractivity contribution is 5.89. The van der Waals surface area contributed by atoms with Crippen LogP contribution in [0.5, 0.6) is 0 Å².